The summed E-state index contributed by atoms with van der Waals surface area (Å²) in [6.07, 6.45) is 2.38. The number of hydrogen-bond acceptors (Lipinski definition) is 6. The molecule has 3 aromatic rings. The standard InChI is InChI=1S/C19H22N4OS/c1-12-17(25-19(20-12)15-7-5-4-6-8-15)13(2)23(3)11-16-21-18(22-24-16)14-9-10-14/h4-8,13-14H,9-11H2,1-3H3. The molecule has 1 atom stereocenters. The smallest absolute Gasteiger partial charge is 0.240 e. The fourth-order valence-electron chi connectivity index (χ4n) is 2.89. The molecule has 0 radical (unpaired) electrons. The van der Waals surface area contributed by atoms with E-state index in [0.29, 0.717) is 18.4 Å². The average molecular weight is 354 g/mol. The molecular weight excluding hydrogens is 332 g/mol. The summed E-state index contributed by atoms with van der Waals surface area (Å²) in [4.78, 5) is 12.8. The number of aromatic nitrogens is 3. The van der Waals surface area contributed by atoms with E-state index in [1.54, 1.807) is 11.3 Å². The van der Waals surface area contributed by atoms with E-state index in [9.17, 15) is 0 Å². The lowest BCUT2D eigenvalue weighted by Crippen LogP contribution is -2.22. The molecule has 0 spiro atoms. The summed E-state index contributed by atoms with van der Waals surface area (Å²) in [5.74, 6) is 2.09. The molecule has 0 bridgehead atoms. The second-order valence-electron chi connectivity index (χ2n) is 6.75. The Morgan fingerprint density at radius 1 is 1.24 bits per heavy atom. The first-order valence-corrected chi connectivity index (χ1v) is 9.49. The Hall–Kier alpha value is -2.05. The van der Waals surface area contributed by atoms with Gasteiger partial charge in [-0.05, 0) is 33.7 Å². The van der Waals surface area contributed by atoms with E-state index in [1.165, 1.54) is 23.3 Å². The van der Waals surface area contributed by atoms with Crippen molar-refractivity contribution >= 4 is 11.3 Å². The van der Waals surface area contributed by atoms with Crippen molar-refractivity contribution in [2.24, 2.45) is 0 Å². The van der Waals surface area contributed by atoms with Crippen LogP contribution >= 0.6 is 11.3 Å². The maximum absolute atomic E-state index is 5.41. The van der Waals surface area contributed by atoms with Gasteiger partial charge in [-0.15, -0.1) is 11.3 Å². The highest BCUT2D eigenvalue weighted by Crippen LogP contribution is 2.38. The average Bonchev–Trinajstić information content (AvgIpc) is 3.25. The molecule has 0 saturated heterocycles. The van der Waals surface area contributed by atoms with E-state index >= 15 is 0 Å². The summed E-state index contributed by atoms with van der Waals surface area (Å²) in [5, 5.41) is 5.17. The number of hydrogen-bond donors (Lipinski definition) is 0. The fourth-order valence-corrected chi connectivity index (χ4v) is 4.08. The topological polar surface area (TPSA) is 55.1 Å². The van der Waals surface area contributed by atoms with Crippen LogP contribution in [0, 0.1) is 6.92 Å². The summed E-state index contributed by atoms with van der Waals surface area (Å²) in [6.45, 7) is 4.94. The van der Waals surface area contributed by atoms with Gasteiger partial charge in [0.1, 0.15) is 5.01 Å². The Kier molecular flexibility index (Phi) is 4.39. The van der Waals surface area contributed by atoms with Crippen LogP contribution in [0.1, 0.15) is 54.0 Å². The zero-order valence-electron chi connectivity index (χ0n) is 14.8. The first kappa shape index (κ1) is 16.4. The first-order chi connectivity index (χ1) is 12.1. The van der Waals surface area contributed by atoms with Crippen LogP contribution in [0.5, 0.6) is 0 Å². The van der Waals surface area contributed by atoms with Crippen molar-refractivity contribution in [2.75, 3.05) is 7.05 Å². The largest absolute Gasteiger partial charge is 0.338 e. The summed E-state index contributed by atoms with van der Waals surface area (Å²) in [5.41, 5.74) is 2.26. The number of rotatable bonds is 6. The predicted octanol–water partition coefficient (Wildman–Crippen LogP) is 4.57. The Balaban J connectivity index is 1.49. The third kappa shape index (κ3) is 3.50. The Morgan fingerprint density at radius 2 is 2.00 bits per heavy atom. The lowest BCUT2D eigenvalue weighted by molar-refractivity contribution is 0.218. The van der Waals surface area contributed by atoms with E-state index in [0.717, 1.165) is 16.5 Å². The maximum atomic E-state index is 5.41. The molecule has 4 rings (SSSR count). The zero-order chi connectivity index (χ0) is 17.4. The van der Waals surface area contributed by atoms with E-state index in [4.69, 9.17) is 9.51 Å². The minimum Gasteiger partial charge on any atom is -0.338 e. The van der Waals surface area contributed by atoms with Crippen molar-refractivity contribution in [2.45, 2.75) is 45.2 Å². The quantitative estimate of drug-likeness (QED) is 0.649. The number of aryl methyl sites for hydroxylation is 1. The van der Waals surface area contributed by atoms with Crippen molar-refractivity contribution in [1.29, 1.82) is 0 Å². The molecule has 2 aromatic heterocycles. The van der Waals surface area contributed by atoms with Gasteiger partial charge in [0.15, 0.2) is 5.82 Å². The molecular formula is C19H22N4OS. The number of benzene rings is 1. The molecule has 0 amide bonds. The van der Waals surface area contributed by atoms with E-state index in [1.807, 2.05) is 18.2 Å². The number of nitrogens with zero attached hydrogens (tertiary/aromatic N) is 4. The molecule has 1 saturated carbocycles. The minimum atomic E-state index is 0.242. The van der Waals surface area contributed by atoms with E-state index in [2.05, 4.69) is 48.1 Å². The van der Waals surface area contributed by atoms with Crippen LogP contribution < -0.4 is 0 Å². The highest BCUT2D eigenvalue weighted by atomic mass is 32.1. The second kappa shape index (κ2) is 6.69. The molecule has 1 aliphatic rings. The molecule has 1 aromatic carbocycles. The SMILES string of the molecule is Cc1nc(-c2ccccc2)sc1C(C)N(C)Cc1nc(C2CC2)no1. The molecule has 0 aliphatic heterocycles. The van der Waals surface area contributed by atoms with Gasteiger partial charge < -0.3 is 4.52 Å². The third-order valence-electron chi connectivity index (χ3n) is 4.70. The van der Waals surface area contributed by atoms with Gasteiger partial charge in [0.25, 0.3) is 0 Å². The van der Waals surface area contributed by atoms with Gasteiger partial charge in [0.05, 0.1) is 12.2 Å². The molecule has 5 nitrogen and oxygen atoms in total. The van der Waals surface area contributed by atoms with Crippen LogP contribution in [0.15, 0.2) is 34.9 Å². The van der Waals surface area contributed by atoms with Crippen molar-refractivity contribution in [1.82, 2.24) is 20.0 Å². The van der Waals surface area contributed by atoms with Gasteiger partial charge in [-0.1, -0.05) is 35.5 Å². The van der Waals surface area contributed by atoms with Crippen molar-refractivity contribution in [3.63, 3.8) is 0 Å². The lowest BCUT2D eigenvalue weighted by atomic mass is 10.2. The molecule has 130 valence electrons. The molecule has 1 unspecified atom stereocenters. The van der Waals surface area contributed by atoms with Gasteiger partial charge >= 0.3 is 0 Å². The van der Waals surface area contributed by atoms with Crippen LogP contribution in [0.3, 0.4) is 0 Å². The van der Waals surface area contributed by atoms with Gasteiger partial charge in [0.2, 0.25) is 5.89 Å². The Labute approximate surface area is 151 Å². The van der Waals surface area contributed by atoms with Crippen LogP contribution in [-0.4, -0.2) is 27.1 Å². The Morgan fingerprint density at radius 3 is 2.72 bits per heavy atom. The molecule has 6 heteroatoms. The normalized spacial score (nSPS) is 15.7. The molecule has 0 N–H and O–H groups in total. The summed E-state index contributed by atoms with van der Waals surface area (Å²) in [6, 6.07) is 10.6. The second-order valence-corrected chi connectivity index (χ2v) is 7.78. The van der Waals surface area contributed by atoms with Gasteiger partial charge in [0, 0.05) is 22.4 Å². The third-order valence-corrected chi connectivity index (χ3v) is 6.08. The highest BCUT2D eigenvalue weighted by molar-refractivity contribution is 7.15. The molecule has 1 aliphatic carbocycles. The van der Waals surface area contributed by atoms with Crippen LogP contribution in [0.25, 0.3) is 10.6 Å². The highest BCUT2D eigenvalue weighted by Gasteiger charge is 2.29. The minimum absolute atomic E-state index is 0.242. The van der Waals surface area contributed by atoms with Crippen molar-refractivity contribution in [3.8, 4) is 10.6 Å². The summed E-state index contributed by atoms with van der Waals surface area (Å²) >= 11 is 1.76. The summed E-state index contributed by atoms with van der Waals surface area (Å²) < 4.78 is 5.41. The fraction of sp³-hybridized carbons (Fsp3) is 0.421. The first-order valence-electron chi connectivity index (χ1n) is 8.67. The molecule has 1 fully saturated rings. The van der Waals surface area contributed by atoms with Crippen molar-refractivity contribution in [3.05, 3.63) is 52.6 Å². The lowest BCUT2D eigenvalue weighted by Gasteiger charge is -2.22. The predicted molar refractivity (Wildman–Crippen MR) is 98.4 cm³/mol. The zero-order valence-corrected chi connectivity index (χ0v) is 15.6. The molecule has 25 heavy (non-hydrogen) atoms. The molecule has 2 heterocycles. The Bertz CT molecular complexity index is 853. The van der Waals surface area contributed by atoms with Crippen LogP contribution in [0.2, 0.25) is 0 Å². The van der Waals surface area contributed by atoms with Gasteiger partial charge in [-0.3, -0.25) is 4.90 Å². The maximum Gasteiger partial charge on any atom is 0.240 e. The van der Waals surface area contributed by atoms with Gasteiger partial charge in [-0.2, -0.15) is 4.98 Å². The van der Waals surface area contributed by atoms with Crippen molar-refractivity contribution < 1.29 is 4.52 Å². The summed E-state index contributed by atoms with van der Waals surface area (Å²) in [7, 11) is 2.09. The van der Waals surface area contributed by atoms with Gasteiger partial charge in [-0.25, -0.2) is 4.98 Å². The monoisotopic (exact) mass is 354 g/mol. The number of thiazole rings is 1. The van der Waals surface area contributed by atoms with E-state index in [-0.39, 0.29) is 6.04 Å². The van der Waals surface area contributed by atoms with Crippen LogP contribution in [-0.2, 0) is 6.54 Å². The van der Waals surface area contributed by atoms with E-state index < -0.39 is 0 Å². The van der Waals surface area contributed by atoms with Crippen LogP contribution in [0.4, 0.5) is 0 Å².